The number of amides is 1. The zero-order valence-electron chi connectivity index (χ0n) is 9.29. The molecule has 1 fully saturated rings. The summed E-state index contributed by atoms with van der Waals surface area (Å²) in [6.07, 6.45) is 0.337. The molecule has 0 saturated heterocycles. The lowest BCUT2D eigenvalue weighted by molar-refractivity contribution is -0.128. The summed E-state index contributed by atoms with van der Waals surface area (Å²) in [7, 11) is 0. The van der Waals surface area contributed by atoms with Crippen LogP contribution in [-0.4, -0.2) is 34.7 Å². The molecule has 0 aromatic heterocycles. The van der Waals surface area contributed by atoms with Crippen LogP contribution in [0, 0.1) is 0 Å². The number of ketones is 1. The van der Waals surface area contributed by atoms with Crippen LogP contribution in [0.2, 0.25) is 0 Å². The zero-order chi connectivity index (χ0) is 11.7. The molecule has 86 valence electrons. The van der Waals surface area contributed by atoms with Crippen LogP contribution in [0.1, 0.15) is 33.6 Å². The van der Waals surface area contributed by atoms with Gasteiger partial charge in [-0.3, -0.25) is 4.79 Å². The highest BCUT2D eigenvalue weighted by atomic mass is 16.6. The van der Waals surface area contributed by atoms with Crippen LogP contribution in [-0.2, 0) is 9.53 Å². The Kier molecular flexibility index (Phi) is 3.04. The first kappa shape index (κ1) is 12.0. The van der Waals surface area contributed by atoms with Gasteiger partial charge in [0.15, 0.2) is 5.78 Å². The van der Waals surface area contributed by atoms with Gasteiger partial charge in [-0.1, -0.05) is 0 Å². The van der Waals surface area contributed by atoms with Gasteiger partial charge in [0.1, 0.15) is 11.2 Å². The second kappa shape index (κ2) is 3.81. The number of alkyl carbamates (subject to hydrolysis) is 1. The SMILES string of the molecule is CC(C)(C)OC(=O)NCC(=O)C1(O)CC1. The summed E-state index contributed by atoms with van der Waals surface area (Å²) < 4.78 is 4.94. The Labute approximate surface area is 88.8 Å². The van der Waals surface area contributed by atoms with E-state index in [1.54, 1.807) is 20.8 Å². The maximum atomic E-state index is 11.3. The number of nitrogens with one attached hydrogen (secondary N) is 1. The van der Waals surface area contributed by atoms with Gasteiger partial charge in [0, 0.05) is 0 Å². The molecule has 0 spiro atoms. The van der Waals surface area contributed by atoms with Gasteiger partial charge in [-0.15, -0.1) is 0 Å². The molecule has 1 aliphatic rings. The molecule has 0 radical (unpaired) electrons. The van der Waals surface area contributed by atoms with Crippen LogP contribution in [0.15, 0.2) is 0 Å². The Morgan fingerprint density at radius 3 is 2.33 bits per heavy atom. The highest BCUT2D eigenvalue weighted by molar-refractivity contribution is 5.93. The number of hydrogen-bond acceptors (Lipinski definition) is 4. The average molecular weight is 215 g/mol. The van der Waals surface area contributed by atoms with Gasteiger partial charge in [0.25, 0.3) is 0 Å². The molecule has 5 heteroatoms. The van der Waals surface area contributed by atoms with E-state index in [1.807, 2.05) is 0 Å². The van der Waals surface area contributed by atoms with Crippen LogP contribution >= 0.6 is 0 Å². The van der Waals surface area contributed by atoms with E-state index in [0.29, 0.717) is 12.8 Å². The molecular formula is C10H17NO4. The summed E-state index contributed by atoms with van der Waals surface area (Å²) >= 11 is 0. The number of hydrogen-bond donors (Lipinski definition) is 2. The number of carbonyl (C=O) groups excluding carboxylic acids is 2. The van der Waals surface area contributed by atoms with Crippen LogP contribution in [0.5, 0.6) is 0 Å². The first-order chi connectivity index (χ1) is 6.73. The van der Waals surface area contributed by atoms with Gasteiger partial charge < -0.3 is 15.2 Å². The molecule has 0 bridgehead atoms. The summed E-state index contributed by atoms with van der Waals surface area (Å²) in [6.45, 7) is 5.04. The summed E-state index contributed by atoms with van der Waals surface area (Å²) in [5, 5.41) is 11.7. The fraction of sp³-hybridized carbons (Fsp3) is 0.800. The van der Waals surface area contributed by atoms with Crippen LogP contribution in [0.25, 0.3) is 0 Å². The third kappa shape index (κ3) is 3.87. The minimum absolute atomic E-state index is 0.175. The van der Waals surface area contributed by atoms with Crippen molar-refractivity contribution in [1.29, 1.82) is 0 Å². The molecule has 0 atom stereocenters. The van der Waals surface area contributed by atoms with E-state index < -0.39 is 17.3 Å². The number of rotatable bonds is 3. The van der Waals surface area contributed by atoms with Crippen molar-refractivity contribution in [2.45, 2.75) is 44.8 Å². The standard InChI is InChI=1S/C10H17NO4/c1-9(2,3)15-8(13)11-6-7(12)10(14)4-5-10/h14H,4-6H2,1-3H3,(H,11,13). The number of ether oxygens (including phenoxy) is 1. The summed E-state index contributed by atoms with van der Waals surface area (Å²) in [4.78, 5) is 22.4. The lowest BCUT2D eigenvalue weighted by Crippen LogP contribution is -2.39. The van der Waals surface area contributed by atoms with E-state index in [2.05, 4.69) is 5.32 Å². The second-order valence-corrected chi connectivity index (χ2v) is 4.81. The predicted molar refractivity (Wildman–Crippen MR) is 53.4 cm³/mol. The van der Waals surface area contributed by atoms with E-state index in [-0.39, 0.29) is 12.3 Å². The minimum atomic E-state index is -1.19. The quantitative estimate of drug-likeness (QED) is 0.723. The van der Waals surface area contributed by atoms with Crippen molar-refractivity contribution in [2.75, 3.05) is 6.54 Å². The van der Waals surface area contributed by atoms with Gasteiger partial charge in [-0.2, -0.15) is 0 Å². The van der Waals surface area contributed by atoms with Crippen LogP contribution < -0.4 is 5.32 Å². The van der Waals surface area contributed by atoms with Gasteiger partial charge in [-0.25, -0.2) is 4.79 Å². The summed E-state index contributed by atoms with van der Waals surface area (Å²) in [5.41, 5.74) is -1.77. The van der Waals surface area contributed by atoms with Crippen molar-refractivity contribution in [2.24, 2.45) is 0 Å². The fourth-order valence-electron chi connectivity index (χ4n) is 1.03. The number of Topliss-reactive ketones (excluding diaryl/α,β-unsaturated/α-hetero) is 1. The molecular weight excluding hydrogens is 198 g/mol. The predicted octanol–water partition coefficient (Wildman–Crippen LogP) is 0.605. The molecule has 0 aromatic carbocycles. The normalized spacial score (nSPS) is 18.1. The largest absolute Gasteiger partial charge is 0.444 e. The Morgan fingerprint density at radius 1 is 1.40 bits per heavy atom. The first-order valence-electron chi connectivity index (χ1n) is 4.95. The number of carbonyl (C=O) groups is 2. The summed E-state index contributed by atoms with van der Waals surface area (Å²) in [5.74, 6) is -0.353. The molecule has 1 aliphatic carbocycles. The smallest absolute Gasteiger partial charge is 0.408 e. The van der Waals surface area contributed by atoms with E-state index in [4.69, 9.17) is 4.74 Å². The Morgan fingerprint density at radius 2 is 1.93 bits per heavy atom. The van der Waals surface area contributed by atoms with Crippen molar-refractivity contribution in [3.63, 3.8) is 0 Å². The monoisotopic (exact) mass is 215 g/mol. The topological polar surface area (TPSA) is 75.6 Å². The maximum Gasteiger partial charge on any atom is 0.408 e. The highest BCUT2D eigenvalue weighted by Crippen LogP contribution is 2.35. The molecule has 5 nitrogen and oxygen atoms in total. The van der Waals surface area contributed by atoms with Gasteiger partial charge in [0.05, 0.1) is 6.54 Å². The molecule has 0 heterocycles. The molecule has 15 heavy (non-hydrogen) atoms. The van der Waals surface area contributed by atoms with E-state index in [9.17, 15) is 14.7 Å². The Bertz CT molecular complexity index is 276. The third-order valence-electron chi connectivity index (χ3n) is 2.03. The van der Waals surface area contributed by atoms with E-state index in [0.717, 1.165) is 0 Å². The van der Waals surface area contributed by atoms with Gasteiger partial charge in [-0.05, 0) is 33.6 Å². The molecule has 1 amide bonds. The molecule has 0 aromatic rings. The zero-order valence-corrected chi connectivity index (χ0v) is 9.29. The summed E-state index contributed by atoms with van der Waals surface area (Å²) in [6, 6.07) is 0. The Balaban J connectivity index is 2.25. The molecule has 2 N–H and O–H groups in total. The van der Waals surface area contributed by atoms with Gasteiger partial charge in [0.2, 0.25) is 0 Å². The first-order valence-corrected chi connectivity index (χ1v) is 4.95. The minimum Gasteiger partial charge on any atom is -0.444 e. The third-order valence-corrected chi connectivity index (χ3v) is 2.03. The lowest BCUT2D eigenvalue weighted by Gasteiger charge is -2.19. The lowest BCUT2D eigenvalue weighted by atomic mass is 10.2. The van der Waals surface area contributed by atoms with E-state index >= 15 is 0 Å². The van der Waals surface area contributed by atoms with Crippen LogP contribution in [0.3, 0.4) is 0 Å². The average Bonchev–Trinajstić information content (AvgIpc) is 2.77. The van der Waals surface area contributed by atoms with Crippen molar-refractivity contribution in [1.82, 2.24) is 5.32 Å². The molecule has 0 aliphatic heterocycles. The van der Waals surface area contributed by atoms with E-state index in [1.165, 1.54) is 0 Å². The molecule has 0 unspecified atom stereocenters. The second-order valence-electron chi connectivity index (χ2n) is 4.81. The van der Waals surface area contributed by atoms with Crippen molar-refractivity contribution >= 4 is 11.9 Å². The fourth-order valence-corrected chi connectivity index (χ4v) is 1.03. The number of aliphatic hydroxyl groups is 1. The van der Waals surface area contributed by atoms with Gasteiger partial charge >= 0.3 is 6.09 Å². The van der Waals surface area contributed by atoms with Crippen molar-refractivity contribution in [3.8, 4) is 0 Å². The van der Waals surface area contributed by atoms with Crippen molar-refractivity contribution in [3.05, 3.63) is 0 Å². The highest BCUT2D eigenvalue weighted by Gasteiger charge is 2.47. The Hall–Kier alpha value is -1.10. The van der Waals surface area contributed by atoms with Crippen molar-refractivity contribution < 1.29 is 19.4 Å². The van der Waals surface area contributed by atoms with Crippen LogP contribution in [0.4, 0.5) is 4.79 Å². The molecule has 1 rings (SSSR count). The molecule has 1 saturated carbocycles. The maximum absolute atomic E-state index is 11.3.